The summed E-state index contributed by atoms with van der Waals surface area (Å²) in [5.41, 5.74) is 2.92. The molecule has 0 saturated carbocycles. The highest BCUT2D eigenvalue weighted by Crippen LogP contribution is 2.34. The molecule has 4 rings (SSSR count). The molecule has 1 atom stereocenters. The standard InChI is InChI=1S/C19H23N3O3/c1-2-15-9-16(21-20-15)11-22-7-3-4-14(10-22)19(23)13-5-6-17-18(8-13)25-12-24-17/h5-6,8-9,14H,2-4,7,10-12H2,1H3,(H,20,21)/t14-/m0/s1. The van der Waals surface area contributed by atoms with Gasteiger partial charge in [0.1, 0.15) is 0 Å². The number of nitrogens with one attached hydrogen (secondary N) is 1. The number of nitrogens with zero attached hydrogens (tertiary/aromatic N) is 2. The number of carbonyl (C=O) groups excluding carboxylic acids is 1. The lowest BCUT2D eigenvalue weighted by Gasteiger charge is -2.31. The highest BCUT2D eigenvalue weighted by atomic mass is 16.7. The van der Waals surface area contributed by atoms with Crippen LogP contribution in [0.5, 0.6) is 11.5 Å². The smallest absolute Gasteiger partial charge is 0.231 e. The molecule has 1 fully saturated rings. The molecular weight excluding hydrogens is 318 g/mol. The zero-order chi connectivity index (χ0) is 17.2. The summed E-state index contributed by atoms with van der Waals surface area (Å²) in [6.45, 7) is 4.95. The van der Waals surface area contributed by atoms with Gasteiger partial charge in [-0.05, 0) is 50.1 Å². The maximum atomic E-state index is 12.9. The van der Waals surface area contributed by atoms with Crippen LogP contribution < -0.4 is 9.47 Å². The van der Waals surface area contributed by atoms with Crippen molar-refractivity contribution in [1.82, 2.24) is 15.1 Å². The number of aromatic amines is 1. The average Bonchev–Trinajstić information content (AvgIpc) is 3.29. The van der Waals surface area contributed by atoms with Gasteiger partial charge < -0.3 is 9.47 Å². The van der Waals surface area contributed by atoms with Crippen molar-refractivity contribution >= 4 is 5.78 Å². The molecule has 2 aliphatic heterocycles. The second-order valence-corrected chi connectivity index (χ2v) is 6.74. The van der Waals surface area contributed by atoms with Crippen LogP contribution in [0.25, 0.3) is 0 Å². The van der Waals surface area contributed by atoms with Gasteiger partial charge in [-0.25, -0.2) is 0 Å². The van der Waals surface area contributed by atoms with E-state index < -0.39 is 0 Å². The first-order chi connectivity index (χ1) is 12.2. The van der Waals surface area contributed by atoms with E-state index in [0.717, 1.165) is 50.3 Å². The monoisotopic (exact) mass is 341 g/mol. The Bertz CT molecular complexity index is 771. The van der Waals surface area contributed by atoms with Gasteiger partial charge in [-0.1, -0.05) is 6.92 Å². The molecule has 1 aromatic carbocycles. The van der Waals surface area contributed by atoms with Crippen LogP contribution in [0.1, 0.15) is 41.5 Å². The molecule has 25 heavy (non-hydrogen) atoms. The van der Waals surface area contributed by atoms with E-state index in [1.807, 2.05) is 18.2 Å². The van der Waals surface area contributed by atoms with Gasteiger partial charge in [0, 0.05) is 30.3 Å². The number of aryl methyl sites for hydroxylation is 1. The predicted octanol–water partition coefficient (Wildman–Crippen LogP) is 2.80. The molecule has 6 heteroatoms. The molecule has 1 saturated heterocycles. The minimum atomic E-state index is 0.0303. The van der Waals surface area contributed by atoms with Crippen LogP contribution in [0.3, 0.4) is 0 Å². The molecule has 2 aromatic rings. The first-order valence-electron chi connectivity index (χ1n) is 8.92. The second kappa shape index (κ2) is 6.88. The fourth-order valence-electron chi connectivity index (χ4n) is 3.61. The van der Waals surface area contributed by atoms with Gasteiger partial charge in [0.05, 0.1) is 5.69 Å². The number of aromatic nitrogens is 2. The van der Waals surface area contributed by atoms with Crippen LogP contribution in [-0.2, 0) is 13.0 Å². The molecule has 1 aromatic heterocycles. The van der Waals surface area contributed by atoms with E-state index in [1.165, 1.54) is 0 Å². The third-order valence-corrected chi connectivity index (χ3v) is 4.97. The number of Topliss-reactive ketones (excluding diaryl/α,β-unsaturated/α-hetero) is 1. The molecule has 0 radical (unpaired) electrons. The molecule has 0 unspecified atom stereocenters. The van der Waals surface area contributed by atoms with E-state index in [2.05, 4.69) is 28.1 Å². The quantitative estimate of drug-likeness (QED) is 0.847. The predicted molar refractivity (Wildman–Crippen MR) is 92.9 cm³/mol. The molecule has 6 nitrogen and oxygen atoms in total. The number of fused-ring (bicyclic) bond motifs is 1. The largest absolute Gasteiger partial charge is 0.454 e. The number of benzene rings is 1. The van der Waals surface area contributed by atoms with Gasteiger partial charge in [0.15, 0.2) is 17.3 Å². The van der Waals surface area contributed by atoms with Crippen molar-refractivity contribution in [2.75, 3.05) is 19.9 Å². The summed E-state index contributed by atoms with van der Waals surface area (Å²) >= 11 is 0. The SMILES string of the molecule is CCc1cc(CN2CCC[C@H](C(=O)c3ccc4c(c3)OCO4)C2)[nH]n1. The van der Waals surface area contributed by atoms with E-state index in [0.29, 0.717) is 17.1 Å². The molecule has 1 N–H and O–H groups in total. The van der Waals surface area contributed by atoms with Crippen LogP contribution in [0.4, 0.5) is 0 Å². The van der Waals surface area contributed by atoms with Crippen LogP contribution in [-0.4, -0.2) is 40.8 Å². The van der Waals surface area contributed by atoms with Gasteiger partial charge >= 0.3 is 0 Å². The molecule has 0 bridgehead atoms. The Hall–Kier alpha value is -2.34. The van der Waals surface area contributed by atoms with Crippen molar-refractivity contribution in [2.45, 2.75) is 32.7 Å². The summed E-state index contributed by atoms with van der Waals surface area (Å²) in [5.74, 6) is 1.61. The van der Waals surface area contributed by atoms with Gasteiger partial charge in [0.25, 0.3) is 0 Å². The fraction of sp³-hybridized carbons (Fsp3) is 0.474. The number of rotatable bonds is 5. The normalized spacial score (nSPS) is 20.0. The highest BCUT2D eigenvalue weighted by molar-refractivity contribution is 5.98. The zero-order valence-corrected chi connectivity index (χ0v) is 14.5. The van der Waals surface area contributed by atoms with Gasteiger partial charge in [-0.2, -0.15) is 5.10 Å². The van der Waals surface area contributed by atoms with Crippen LogP contribution in [0.15, 0.2) is 24.3 Å². The van der Waals surface area contributed by atoms with Crippen molar-refractivity contribution in [2.24, 2.45) is 5.92 Å². The van der Waals surface area contributed by atoms with E-state index >= 15 is 0 Å². The molecule has 3 heterocycles. The van der Waals surface area contributed by atoms with Gasteiger partial charge in [-0.15, -0.1) is 0 Å². The lowest BCUT2D eigenvalue weighted by Crippen LogP contribution is -2.38. The van der Waals surface area contributed by atoms with E-state index in [1.54, 1.807) is 0 Å². The van der Waals surface area contributed by atoms with E-state index in [9.17, 15) is 4.79 Å². The number of likely N-dealkylation sites (tertiary alicyclic amines) is 1. The molecule has 0 spiro atoms. The van der Waals surface area contributed by atoms with Crippen molar-refractivity contribution < 1.29 is 14.3 Å². The number of H-pyrrole nitrogens is 1. The number of hydrogen-bond donors (Lipinski definition) is 1. The van der Waals surface area contributed by atoms with Crippen LogP contribution in [0, 0.1) is 5.92 Å². The van der Waals surface area contributed by atoms with Crippen molar-refractivity contribution in [1.29, 1.82) is 0 Å². The summed E-state index contributed by atoms with van der Waals surface area (Å²) in [5, 5.41) is 7.39. The van der Waals surface area contributed by atoms with Crippen molar-refractivity contribution in [3.63, 3.8) is 0 Å². The fourth-order valence-corrected chi connectivity index (χ4v) is 3.61. The maximum absolute atomic E-state index is 12.9. The Morgan fingerprint density at radius 1 is 1.32 bits per heavy atom. The summed E-state index contributed by atoms with van der Waals surface area (Å²) in [7, 11) is 0. The Balaban J connectivity index is 1.42. The third kappa shape index (κ3) is 3.39. The second-order valence-electron chi connectivity index (χ2n) is 6.74. The van der Waals surface area contributed by atoms with Crippen LogP contribution in [0.2, 0.25) is 0 Å². The summed E-state index contributed by atoms with van der Waals surface area (Å²) in [6, 6.07) is 7.60. The number of carbonyl (C=O) groups is 1. The molecule has 0 amide bonds. The Labute approximate surface area is 147 Å². The average molecular weight is 341 g/mol. The van der Waals surface area contributed by atoms with Gasteiger partial charge in [-0.3, -0.25) is 14.8 Å². The Morgan fingerprint density at radius 3 is 3.04 bits per heavy atom. The maximum Gasteiger partial charge on any atom is 0.231 e. The summed E-state index contributed by atoms with van der Waals surface area (Å²) < 4.78 is 10.7. The lowest BCUT2D eigenvalue weighted by atomic mass is 9.90. The summed E-state index contributed by atoms with van der Waals surface area (Å²) in [4.78, 5) is 15.2. The van der Waals surface area contributed by atoms with Crippen molar-refractivity contribution in [3.05, 3.63) is 41.2 Å². The minimum absolute atomic E-state index is 0.0303. The minimum Gasteiger partial charge on any atom is -0.454 e. The first-order valence-corrected chi connectivity index (χ1v) is 8.92. The summed E-state index contributed by atoms with van der Waals surface area (Å²) in [6.07, 6.45) is 2.91. The number of ketones is 1. The third-order valence-electron chi connectivity index (χ3n) is 4.97. The Morgan fingerprint density at radius 2 is 2.20 bits per heavy atom. The lowest BCUT2D eigenvalue weighted by molar-refractivity contribution is 0.0809. The molecular formula is C19H23N3O3. The Kier molecular flexibility index (Phi) is 4.44. The van der Waals surface area contributed by atoms with E-state index in [4.69, 9.17) is 9.47 Å². The van der Waals surface area contributed by atoms with Crippen molar-refractivity contribution in [3.8, 4) is 11.5 Å². The number of piperidine rings is 1. The first kappa shape index (κ1) is 16.1. The zero-order valence-electron chi connectivity index (χ0n) is 14.5. The number of ether oxygens (including phenoxy) is 2. The van der Waals surface area contributed by atoms with E-state index in [-0.39, 0.29) is 18.5 Å². The highest BCUT2D eigenvalue weighted by Gasteiger charge is 2.28. The molecule has 0 aliphatic carbocycles. The van der Waals surface area contributed by atoms with Gasteiger partial charge in [0.2, 0.25) is 6.79 Å². The number of hydrogen-bond acceptors (Lipinski definition) is 5. The molecule has 2 aliphatic rings. The molecule has 132 valence electrons. The van der Waals surface area contributed by atoms with Crippen LogP contribution >= 0.6 is 0 Å². The topological polar surface area (TPSA) is 67.5 Å².